The summed E-state index contributed by atoms with van der Waals surface area (Å²) in [6.07, 6.45) is 6.20. The van der Waals surface area contributed by atoms with E-state index in [0.29, 0.717) is 0 Å². The van der Waals surface area contributed by atoms with Crippen molar-refractivity contribution in [1.82, 2.24) is 5.32 Å². The van der Waals surface area contributed by atoms with Crippen LogP contribution in [0.15, 0.2) is 0 Å². The number of aliphatic hydroxyl groups excluding tert-OH is 1. The lowest BCUT2D eigenvalue weighted by Crippen LogP contribution is -2.30. The van der Waals surface area contributed by atoms with E-state index in [0.717, 1.165) is 32.2 Å². The van der Waals surface area contributed by atoms with E-state index in [4.69, 9.17) is 5.11 Å². The molecule has 0 saturated heterocycles. The summed E-state index contributed by atoms with van der Waals surface area (Å²) < 4.78 is 0. The Balaban J connectivity index is 2.03. The molecule has 0 radical (unpaired) electrons. The highest BCUT2D eigenvalue weighted by Gasteiger charge is 2.21. The maximum Gasteiger partial charge on any atom is 0.223 e. The second-order valence-electron chi connectivity index (χ2n) is 3.70. The van der Waals surface area contributed by atoms with Gasteiger partial charge in [-0.1, -0.05) is 12.8 Å². The average molecular weight is 185 g/mol. The number of hydrogen-bond acceptors (Lipinski definition) is 2. The molecule has 0 aromatic heterocycles. The summed E-state index contributed by atoms with van der Waals surface area (Å²) >= 11 is 0. The van der Waals surface area contributed by atoms with Crippen molar-refractivity contribution in [3.05, 3.63) is 0 Å². The van der Waals surface area contributed by atoms with Gasteiger partial charge >= 0.3 is 0 Å². The van der Waals surface area contributed by atoms with Crippen LogP contribution in [0.25, 0.3) is 0 Å². The van der Waals surface area contributed by atoms with Crippen molar-refractivity contribution >= 4 is 5.91 Å². The first-order valence-electron chi connectivity index (χ1n) is 5.23. The number of carbonyl (C=O) groups excluding carboxylic acids is 1. The average Bonchev–Trinajstić information content (AvgIpc) is 2.65. The lowest BCUT2D eigenvalue weighted by atomic mass is 10.1. The fourth-order valence-electron chi connectivity index (χ4n) is 1.78. The van der Waals surface area contributed by atoms with Crippen LogP contribution in [-0.4, -0.2) is 24.2 Å². The third kappa shape index (κ3) is 3.77. The van der Waals surface area contributed by atoms with Crippen LogP contribution >= 0.6 is 0 Å². The molecule has 0 spiro atoms. The Hall–Kier alpha value is -0.570. The van der Waals surface area contributed by atoms with Crippen molar-refractivity contribution in [2.45, 2.75) is 38.5 Å². The molecular formula is C10H19NO2. The molecule has 0 unspecified atom stereocenters. The summed E-state index contributed by atoms with van der Waals surface area (Å²) in [5.41, 5.74) is 0. The second-order valence-corrected chi connectivity index (χ2v) is 3.70. The van der Waals surface area contributed by atoms with Gasteiger partial charge in [-0.2, -0.15) is 0 Å². The molecule has 0 aromatic rings. The number of amides is 1. The standard InChI is InChI=1S/C10H19NO2/c12-8-4-3-7-11-10(13)9-5-1-2-6-9/h9,12H,1-8H2,(H,11,13). The Morgan fingerprint density at radius 2 is 2.00 bits per heavy atom. The maximum absolute atomic E-state index is 11.4. The van der Waals surface area contributed by atoms with Crippen LogP contribution in [0.1, 0.15) is 38.5 Å². The summed E-state index contributed by atoms with van der Waals surface area (Å²) in [4.78, 5) is 11.4. The van der Waals surface area contributed by atoms with E-state index >= 15 is 0 Å². The molecule has 3 heteroatoms. The van der Waals surface area contributed by atoms with Gasteiger partial charge in [-0.25, -0.2) is 0 Å². The van der Waals surface area contributed by atoms with Gasteiger partial charge in [-0.15, -0.1) is 0 Å². The SMILES string of the molecule is O=C(NCCCCO)C1CCCC1. The smallest absolute Gasteiger partial charge is 0.223 e. The van der Waals surface area contributed by atoms with Gasteiger partial charge in [-0.05, 0) is 25.7 Å². The molecule has 1 saturated carbocycles. The van der Waals surface area contributed by atoms with E-state index in [1.54, 1.807) is 0 Å². The Labute approximate surface area is 79.5 Å². The van der Waals surface area contributed by atoms with E-state index in [1.807, 2.05) is 0 Å². The molecule has 3 nitrogen and oxygen atoms in total. The van der Waals surface area contributed by atoms with Crippen molar-refractivity contribution < 1.29 is 9.90 Å². The van der Waals surface area contributed by atoms with Crippen molar-refractivity contribution in [2.75, 3.05) is 13.2 Å². The van der Waals surface area contributed by atoms with Gasteiger partial charge in [-0.3, -0.25) is 4.79 Å². The normalized spacial score (nSPS) is 17.6. The fourth-order valence-corrected chi connectivity index (χ4v) is 1.78. The minimum Gasteiger partial charge on any atom is -0.396 e. The monoisotopic (exact) mass is 185 g/mol. The van der Waals surface area contributed by atoms with E-state index in [-0.39, 0.29) is 18.4 Å². The first kappa shape index (κ1) is 10.5. The van der Waals surface area contributed by atoms with Crippen molar-refractivity contribution in [2.24, 2.45) is 5.92 Å². The Kier molecular flexibility index (Phi) is 4.83. The summed E-state index contributed by atoms with van der Waals surface area (Å²) in [5, 5.41) is 11.4. The van der Waals surface area contributed by atoms with Crippen molar-refractivity contribution in [1.29, 1.82) is 0 Å². The Morgan fingerprint density at radius 1 is 1.31 bits per heavy atom. The van der Waals surface area contributed by atoms with Crippen LogP contribution in [0.4, 0.5) is 0 Å². The number of unbranched alkanes of at least 4 members (excludes halogenated alkanes) is 1. The minimum absolute atomic E-state index is 0.218. The molecular weight excluding hydrogens is 166 g/mol. The van der Waals surface area contributed by atoms with Crippen molar-refractivity contribution in [3.8, 4) is 0 Å². The third-order valence-electron chi connectivity index (χ3n) is 2.61. The molecule has 0 bridgehead atoms. The zero-order chi connectivity index (χ0) is 9.52. The molecule has 1 rings (SSSR count). The summed E-state index contributed by atoms with van der Waals surface area (Å²) in [7, 11) is 0. The Bertz CT molecular complexity index is 153. The summed E-state index contributed by atoms with van der Waals surface area (Å²) in [6.45, 7) is 0.940. The van der Waals surface area contributed by atoms with E-state index in [9.17, 15) is 4.79 Å². The van der Waals surface area contributed by atoms with E-state index in [2.05, 4.69) is 5.32 Å². The van der Waals surface area contributed by atoms with Gasteiger partial charge in [0.1, 0.15) is 0 Å². The lowest BCUT2D eigenvalue weighted by molar-refractivity contribution is -0.124. The lowest BCUT2D eigenvalue weighted by Gasteiger charge is -2.09. The maximum atomic E-state index is 11.4. The molecule has 13 heavy (non-hydrogen) atoms. The van der Waals surface area contributed by atoms with E-state index < -0.39 is 0 Å². The van der Waals surface area contributed by atoms with Gasteiger partial charge in [0.2, 0.25) is 5.91 Å². The minimum atomic E-state index is 0.218. The first-order valence-corrected chi connectivity index (χ1v) is 5.23. The predicted octanol–water partition coefficient (Wildman–Crippen LogP) is 1.07. The van der Waals surface area contributed by atoms with Crippen LogP contribution < -0.4 is 5.32 Å². The molecule has 0 heterocycles. The third-order valence-corrected chi connectivity index (χ3v) is 2.61. The molecule has 2 N–H and O–H groups in total. The van der Waals surface area contributed by atoms with Gasteiger partial charge in [0.25, 0.3) is 0 Å². The number of carbonyl (C=O) groups is 1. The molecule has 0 aliphatic heterocycles. The molecule has 76 valence electrons. The second kappa shape index (κ2) is 5.97. The van der Waals surface area contributed by atoms with Crippen LogP contribution in [0.2, 0.25) is 0 Å². The molecule has 1 aliphatic rings. The molecule has 1 amide bonds. The van der Waals surface area contributed by atoms with Crippen LogP contribution in [0.3, 0.4) is 0 Å². The van der Waals surface area contributed by atoms with Gasteiger partial charge < -0.3 is 10.4 Å². The summed E-state index contributed by atoms with van der Waals surface area (Å²) in [6, 6.07) is 0. The number of nitrogens with one attached hydrogen (secondary N) is 1. The number of aliphatic hydroxyl groups is 1. The fraction of sp³-hybridized carbons (Fsp3) is 0.900. The highest BCUT2D eigenvalue weighted by Crippen LogP contribution is 2.24. The molecule has 1 fully saturated rings. The van der Waals surface area contributed by atoms with Gasteiger partial charge in [0.15, 0.2) is 0 Å². The van der Waals surface area contributed by atoms with Crippen LogP contribution in [0, 0.1) is 5.92 Å². The zero-order valence-electron chi connectivity index (χ0n) is 8.09. The van der Waals surface area contributed by atoms with E-state index in [1.165, 1.54) is 12.8 Å². The highest BCUT2D eigenvalue weighted by atomic mass is 16.2. The molecule has 0 atom stereocenters. The zero-order valence-corrected chi connectivity index (χ0v) is 8.09. The predicted molar refractivity (Wildman–Crippen MR) is 51.3 cm³/mol. The molecule has 1 aliphatic carbocycles. The Morgan fingerprint density at radius 3 is 2.62 bits per heavy atom. The van der Waals surface area contributed by atoms with Gasteiger partial charge in [0, 0.05) is 19.1 Å². The van der Waals surface area contributed by atoms with Crippen LogP contribution in [-0.2, 0) is 4.79 Å². The van der Waals surface area contributed by atoms with Gasteiger partial charge in [0.05, 0.1) is 0 Å². The van der Waals surface area contributed by atoms with Crippen molar-refractivity contribution in [3.63, 3.8) is 0 Å². The largest absolute Gasteiger partial charge is 0.396 e. The number of rotatable bonds is 5. The molecule has 0 aromatic carbocycles. The topological polar surface area (TPSA) is 49.3 Å². The quantitative estimate of drug-likeness (QED) is 0.629. The first-order chi connectivity index (χ1) is 6.34. The highest BCUT2D eigenvalue weighted by molar-refractivity contribution is 5.78. The summed E-state index contributed by atoms with van der Waals surface area (Å²) in [5.74, 6) is 0.490. The van der Waals surface area contributed by atoms with Crippen LogP contribution in [0.5, 0.6) is 0 Å². The number of hydrogen-bond donors (Lipinski definition) is 2.